The van der Waals surface area contributed by atoms with Crippen molar-refractivity contribution in [3.05, 3.63) is 76.2 Å². The van der Waals surface area contributed by atoms with Crippen molar-refractivity contribution in [1.29, 1.82) is 0 Å². The molecule has 0 aliphatic rings. The SMILES string of the molecule is Cc1ccc(Cl)cc1N=Cc1cc(C)n(-c2ccccn2)c1C. The Kier molecular flexibility index (Phi) is 4.30. The van der Waals surface area contributed by atoms with Crippen LogP contribution >= 0.6 is 11.6 Å². The van der Waals surface area contributed by atoms with Crippen LogP contribution in [0.4, 0.5) is 5.69 Å². The maximum Gasteiger partial charge on any atom is 0.136 e. The van der Waals surface area contributed by atoms with Crippen LogP contribution in [0.25, 0.3) is 5.82 Å². The lowest BCUT2D eigenvalue weighted by Gasteiger charge is -2.07. The van der Waals surface area contributed by atoms with E-state index in [4.69, 9.17) is 11.6 Å². The Bertz CT molecular complexity index is 864. The summed E-state index contributed by atoms with van der Waals surface area (Å²) in [5, 5.41) is 0.696. The predicted octanol–water partition coefficient (Wildman–Crippen LogP) is 5.20. The summed E-state index contributed by atoms with van der Waals surface area (Å²) in [6.07, 6.45) is 3.69. The molecule has 0 saturated heterocycles. The summed E-state index contributed by atoms with van der Waals surface area (Å²) >= 11 is 6.05. The van der Waals surface area contributed by atoms with Gasteiger partial charge in [-0.1, -0.05) is 23.7 Å². The smallest absolute Gasteiger partial charge is 0.136 e. The van der Waals surface area contributed by atoms with Crippen molar-refractivity contribution >= 4 is 23.5 Å². The summed E-state index contributed by atoms with van der Waals surface area (Å²) in [7, 11) is 0. The van der Waals surface area contributed by atoms with Crippen LogP contribution in [-0.4, -0.2) is 15.8 Å². The van der Waals surface area contributed by atoms with Crippen LogP contribution in [-0.2, 0) is 0 Å². The maximum absolute atomic E-state index is 6.05. The number of aryl methyl sites for hydroxylation is 2. The Morgan fingerprint density at radius 2 is 1.91 bits per heavy atom. The molecule has 3 aromatic rings. The Morgan fingerprint density at radius 3 is 2.65 bits per heavy atom. The van der Waals surface area contributed by atoms with E-state index in [1.54, 1.807) is 6.20 Å². The van der Waals surface area contributed by atoms with Crippen LogP contribution < -0.4 is 0 Å². The van der Waals surface area contributed by atoms with E-state index in [9.17, 15) is 0 Å². The Hall–Kier alpha value is -2.39. The highest BCUT2D eigenvalue weighted by Gasteiger charge is 2.10. The van der Waals surface area contributed by atoms with E-state index >= 15 is 0 Å². The topological polar surface area (TPSA) is 30.2 Å². The van der Waals surface area contributed by atoms with Gasteiger partial charge in [0, 0.05) is 34.4 Å². The Balaban J connectivity index is 1.99. The van der Waals surface area contributed by atoms with Gasteiger partial charge in [-0.3, -0.25) is 4.99 Å². The van der Waals surface area contributed by atoms with E-state index in [0.29, 0.717) is 5.02 Å². The molecule has 0 aliphatic heterocycles. The molecule has 1 aromatic carbocycles. The summed E-state index contributed by atoms with van der Waals surface area (Å²) in [6.45, 7) is 6.18. The fourth-order valence-electron chi connectivity index (χ4n) is 2.62. The number of hydrogen-bond acceptors (Lipinski definition) is 2. The van der Waals surface area contributed by atoms with Gasteiger partial charge in [-0.15, -0.1) is 0 Å². The van der Waals surface area contributed by atoms with E-state index in [2.05, 4.69) is 34.5 Å². The maximum atomic E-state index is 6.05. The third-order valence-electron chi connectivity index (χ3n) is 3.86. The molecule has 0 saturated carbocycles. The summed E-state index contributed by atoms with van der Waals surface area (Å²) in [5.74, 6) is 0.918. The van der Waals surface area contributed by atoms with E-state index < -0.39 is 0 Å². The largest absolute Gasteiger partial charge is 0.303 e. The fraction of sp³-hybridized carbons (Fsp3) is 0.158. The number of benzene rings is 1. The van der Waals surface area contributed by atoms with Crippen LogP contribution in [0.2, 0.25) is 5.02 Å². The van der Waals surface area contributed by atoms with Crippen molar-refractivity contribution in [1.82, 2.24) is 9.55 Å². The minimum absolute atomic E-state index is 0.696. The van der Waals surface area contributed by atoms with Gasteiger partial charge in [0.1, 0.15) is 5.82 Å². The molecule has 0 unspecified atom stereocenters. The summed E-state index contributed by atoms with van der Waals surface area (Å²) in [5.41, 5.74) is 5.31. The Labute approximate surface area is 141 Å². The lowest BCUT2D eigenvalue weighted by molar-refractivity contribution is 0.921. The molecule has 0 atom stereocenters. The average Bonchev–Trinajstić information content (AvgIpc) is 2.83. The van der Waals surface area contributed by atoms with Crippen molar-refractivity contribution in [2.45, 2.75) is 20.8 Å². The minimum Gasteiger partial charge on any atom is -0.303 e. The van der Waals surface area contributed by atoms with Crippen LogP contribution in [0.15, 0.2) is 53.7 Å². The van der Waals surface area contributed by atoms with Gasteiger partial charge in [0.2, 0.25) is 0 Å². The molecule has 2 heterocycles. The number of aliphatic imine (C=N–C) groups is 1. The lowest BCUT2D eigenvalue weighted by Crippen LogP contribution is -2.01. The number of aromatic nitrogens is 2. The molecule has 4 heteroatoms. The second kappa shape index (κ2) is 6.39. The molecule has 0 radical (unpaired) electrons. The van der Waals surface area contributed by atoms with Crippen molar-refractivity contribution in [3.8, 4) is 5.82 Å². The molecule has 0 aliphatic carbocycles. The molecule has 116 valence electrons. The zero-order valence-corrected chi connectivity index (χ0v) is 14.2. The zero-order valence-electron chi connectivity index (χ0n) is 13.4. The molecule has 2 aromatic heterocycles. The minimum atomic E-state index is 0.696. The van der Waals surface area contributed by atoms with Gasteiger partial charge >= 0.3 is 0 Å². The van der Waals surface area contributed by atoms with Gasteiger partial charge in [0.25, 0.3) is 0 Å². The molecule has 0 bridgehead atoms. The second-order valence-electron chi connectivity index (χ2n) is 5.54. The van der Waals surface area contributed by atoms with Crippen LogP contribution in [0.5, 0.6) is 0 Å². The molecule has 3 rings (SSSR count). The monoisotopic (exact) mass is 323 g/mol. The highest BCUT2D eigenvalue weighted by atomic mass is 35.5. The number of halogens is 1. The molecule has 0 spiro atoms. The highest BCUT2D eigenvalue weighted by molar-refractivity contribution is 6.30. The number of nitrogens with zero attached hydrogens (tertiary/aromatic N) is 3. The standard InChI is InChI=1S/C19H18ClN3/c1-13-7-8-17(20)11-18(13)22-12-16-10-14(2)23(15(16)3)19-6-4-5-9-21-19/h4-12H,1-3H3. The first kappa shape index (κ1) is 15.5. The third-order valence-corrected chi connectivity index (χ3v) is 4.10. The molecular formula is C19H18ClN3. The normalized spacial score (nSPS) is 11.3. The van der Waals surface area contributed by atoms with Gasteiger partial charge in [-0.2, -0.15) is 0 Å². The lowest BCUT2D eigenvalue weighted by atomic mass is 10.2. The predicted molar refractivity (Wildman–Crippen MR) is 96.5 cm³/mol. The molecule has 0 N–H and O–H groups in total. The van der Waals surface area contributed by atoms with Crippen molar-refractivity contribution in [3.63, 3.8) is 0 Å². The van der Waals surface area contributed by atoms with Crippen molar-refractivity contribution in [2.24, 2.45) is 4.99 Å². The zero-order chi connectivity index (χ0) is 16.4. The molecule has 0 fully saturated rings. The van der Waals surface area contributed by atoms with E-state index in [1.165, 1.54) is 0 Å². The fourth-order valence-corrected chi connectivity index (χ4v) is 2.78. The van der Waals surface area contributed by atoms with Gasteiger partial charge < -0.3 is 4.57 Å². The van der Waals surface area contributed by atoms with E-state index in [-0.39, 0.29) is 0 Å². The summed E-state index contributed by atoms with van der Waals surface area (Å²) in [6, 6.07) is 13.8. The van der Waals surface area contributed by atoms with Crippen LogP contribution in [0, 0.1) is 20.8 Å². The van der Waals surface area contributed by atoms with E-state index in [1.807, 2.05) is 49.5 Å². The van der Waals surface area contributed by atoms with E-state index in [0.717, 1.165) is 34.0 Å². The highest BCUT2D eigenvalue weighted by Crippen LogP contribution is 2.24. The number of rotatable bonds is 3. The van der Waals surface area contributed by atoms with Gasteiger partial charge in [0.15, 0.2) is 0 Å². The molecule has 3 nitrogen and oxygen atoms in total. The molecule has 23 heavy (non-hydrogen) atoms. The Morgan fingerprint density at radius 1 is 1.09 bits per heavy atom. The van der Waals surface area contributed by atoms with Crippen LogP contribution in [0.1, 0.15) is 22.5 Å². The molecular weight excluding hydrogens is 306 g/mol. The average molecular weight is 324 g/mol. The van der Waals surface area contributed by atoms with Crippen LogP contribution in [0.3, 0.4) is 0 Å². The van der Waals surface area contributed by atoms with Gasteiger partial charge in [-0.05, 0) is 56.7 Å². The summed E-state index contributed by atoms with van der Waals surface area (Å²) in [4.78, 5) is 9.03. The number of hydrogen-bond donors (Lipinski definition) is 0. The quantitative estimate of drug-likeness (QED) is 0.609. The third kappa shape index (κ3) is 3.20. The first-order valence-electron chi connectivity index (χ1n) is 7.47. The first-order chi connectivity index (χ1) is 11.1. The first-order valence-corrected chi connectivity index (χ1v) is 7.84. The summed E-state index contributed by atoms with van der Waals surface area (Å²) < 4.78 is 2.13. The van der Waals surface area contributed by atoms with Crippen molar-refractivity contribution < 1.29 is 0 Å². The van der Waals surface area contributed by atoms with Gasteiger partial charge in [0.05, 0.1) is 5.69 Å². The number of pyridine rings is 1. The second-order valence-corrected chi connectivity index (χ2v) is 5.98. The van der Waals surface area contributed by atoms with Gasteiger partial charge in [-0.25, -0.2) is 4.98 Å². The molecule has 0 amide bonds. The van der Waals surface area contributed by atoms with Crippen molar-refractivity contribution in [2.75, 3.05) is 0 Å².